The lowest BCUT2D eigenvalue weighted by molar-refractivity contribution is -0.140. The summed E-state index contributed by atoms with van der Waals surface area (Å²) in [7, 11) is 0. The average Bonchev–Trinajstić information content (AvgIpc) is 3.04. The molecule has 1 saturated carbocycles. The number of nitrogens with one attached hydrogen (secondary N) is 1. The van der Waals surface area contributed by atoms with Gasteiger partial charge >= 0.3 is 0 Å². The fraction of sp³-hybridized carbons (Fsp3) is 0.417. The third kappa shape index (κ3) is 6.42. The third-order valence-electron chi connectivity index (χ3n) is 5.72. The van der Waals surface area contributed by atoms with Gasteiger partial charge in [0.1, 0.15) is 23.6 Å². The van der Waals surface area contributed by atoms with Gasteiger partial charge in [-0.15, -0.1) is 11.6 Å². The van der Waals surface area contributed by atoms with Gasteiger partial charge in [0.05, 0.1) is 0 Å². The highest BCUT2D eigenvalue weighted by atomic mass is 35.5. The average molecular weight is 483 g/mol. The Balaban J connectivity index is 1.97. The van der Waals surface area contributed by atoms with Crippen LogP contribution in [0.5, 0.6) is 0 Å². The smallest absolute Gasteiger partial charge is 0.247 e. The molecule has 0 radical (unpaired) electrons. The van der Waals surface area contributed by atoms with E-state index in [1.165, 1.54) is 41.3 Å². The van der Waals surface area contributed by atoms with Crippen molar-refractivity contribution in [3.8, 4) is 0 Å². The van der Waals surface area contributed by atoms with Crippen LogP contribution < -0.4 is 5.32 Å². The quantitative estimate of drug-likeness (QED) is 0.402. The van der Waals surface area contributed by atoms with Crippen LogP contribution in [0, 0.1) is 11.6 Å². The highest BCUT2D eigenvalue weighted by Gasteiger charge is 2.34. The first-order chi connectivity index (χ1) is 15.4. The number of nitrogens with zero attached hydrogens (tertiary/aromatic N) is 1. The van der Waals surface area contributed by atoms with E-state index in [9.17, 15) is 18.4 Å². The van der Waals surface area contributed by atoms with E-state index in [1.54, 1.807) is 0 Å². The fourth-order valence-electron chi connectivity index (χ4n) is 4.06. The molecular formula is C24H26Cl2F2N2O2. The number of hydrogen-bond donors (Lipinski definition) is 1. The van der Waals surface area contributed by atoms with Crippen molar-refractivity contribution < 1.29 is 18.4 Å². The second-order valence-electron chi connectivity index (χ2n) is 8.05. The molecule has 2 aromatic rings. The molecule has 1 aliphatic carbocycles. The first kappa shape index (κ1) is 24.5. The minimum absolute atomic E-state index is 0.00880. The van der Waals surface area contributed by atoms with Crippen molar-refractivity contribution in [2.45, 2.75) is 57.2 Å². The van der Waals surface area contributed by atoms with Crippen molar-refractivity contribution in [2.24, 2.45) is 0 Å². The zero-order valence-electron chi connectivity index (χ0n) is 17.6. The Morgan fingerprint density at radius 2 is 1.62 bits per heavy atom. The Bertz CT molecular complexity index is 932. The van der Waals surface area contributed by atoms with Gasteiger partial charge in [-0.3, -0.25) is 9.59 Å². The zero-order valence-corrected chi connectivity index (χ0v) is 19.1. The first-order valence-corrected chi connectivity index (χ1v) is 11.7. The number of amides is 2. The van der Waals surface area contributed by atoms with Crippen LogP contribution in [0.2, 0.25) is 5.02 Å². The molecule has 1 aliphatic rings. The Morgan fingerprint density at radius 3 is 2.22 bits per heavy atom. The number of carbonyl (C=O) groups is 2. The van der Waals surface area contributed by atoms with Crippen LogP contribution in [0.1, 0.15) is 55.7 Å². The summed E-state index contributed by atoms with van der Waals surface area (Å²) in [6.45, 7) is 0.0162. The van der Waals surface area contributed by atoms with Crippen molar-refractivity contribution in [2.75, 3.05) is 5.88 Å². The number of carbonyl (C=O) groups excluding carboxylic acids is 2. The van der Waals surface area contributed by atoms with E-state index in [-0.39, 0.29) is 23.5 Å². The second kappa shape index (κ2) is 11.6. The van der Waals surface area contributed by atoms with Crippen molar-refractivity contribution in [1.82, 2.24) is 10.2 Å². The molecule has 32 heavy (non-hydrogen) atoms. The molecule has 0 heterocycles. The lowest BCUT2D eigenvalue weighted by Gasteiger charge is -2.33. The minimum Gasteiger partial charge on any atom is -0.351 e. The minimum atomic E-state index is -1.11. The van der Waals surface area contributed by atoms with Gasteiger partial charge in [0, 0.05) is 23.2 Å². The molecule has 0 bridgehead atoms. The highest BCUT2D eigenvalue weighted by Crippen LogP contribution is 2.31. The summed E-state index contributed by atoms with van der Waals surface area (Å²) in [6, 6.07) is 8.25. The summed E-state index contributed by atoms with van der Waals surface area (Å²) in [6.07, 6.45) is 6.01. The molecule has 0 saturated heterocycles. The molecule has 2 aromatic carbocycles. The van der Waals surface area contributed by atoms with Gasteiger partial charge < -0.3 is 10.2 Å². The summed E-state index contributed by atoms with van der Waals surface area (Å²) in [5.74, 6) is -2.19. The molecule has 3 rings (SSSR count). The normalized spacial score (nSPS) is 15.6. The monoisotopic (exact) mass is 482 g/mol. The van der Waals surface area contributed by atoms with Crippen LogP contribution >= 0.6 is 23.2 Å². The molecule has 1 fully saturated rings. The first-order valence-electron chi connectivity index (χ1n) is 10.7. The number of benzene rings is 2. The van der Waals surface area contributed by atoms with E-state index in [2.05, 4.69) is 5.32 Å². The molecular weight excluding hydrogens is 457 g/mol. The van der Waals surface area contributed by atoms with Gasteiger partial charge in [0.2, 0.25) is 11.8 Å². The van der Waals surface area contributed by atoms with Crippen LogP contribution in [0.4, 0.5) is 8.78 Å². The number of rotatable bonds is 7. The van der Waals surface area contributed by atoms with Gasteiger partial charge in [-0.25, -0.2) is 8.78 Å². The van der Waals surface area contributed by atoms with Gasteiger partial charge in [-0.05, 0) is 42.7 Å². The van der Waals surface area contributed by atoms with Crippen LogP contribution in [-0.2, 0) is 16.1 Å². The molecule has 1 atom stereocenters. The van der Waals surface area contributed by atoms with E-state index < -0.39 is 29.5 Å². The predicted octanol–water partition coefficient (Wildman–Crippen LogP) is 5.77. The molecule has 0 aromatic heterocycles. The van der Waals surface area contributed by atoms with Crippen molar-refractivity contribution in [3.05, 3.63) is 70.2 Å². The zero-order chi connectivity index (χ0) is 23.1. The van der Waals surface area contributed by atoms with Gasteiger partial charge in [0.25, 0.3) is 0 Å². The molecule has 2 amide bonds. The number of alkyl halides is 1. The van der Waals surface area contributed by atoms with Crippen molar-refractivity contribution in [3.63, 3.8) is 0 Å². The van der Waals surface area contributed by atoms with E-state index in [1.807, 2.05) is 0 Å². The van der Waals surface area contributed by atoms with Crippen molar-refractivity contribution >= 4 is 35.0 Å². The molecule has 172 valence electrons. The summed E-state index contributed by atoms with van der Waals surface area (Å²) in [4.78, 5) is 27.7. The number of hydrogen-bond acceptors (Lipinski definition) is 2. The van der Waals surface area contributed by atoms with Crippen LogP contribution in [-0.4, -0.2) is 28.6 Å². The number of halogens is 4. The van der Waals surface area contributed by atoms with Gasteiger partial charge in [0.15, 0.2) is 0 Å². The van der Waals surface area contributed by atoms with Crippen LogP contribution in [0.3, 0.4) is 0 Å². The lowest BCUT2D eigenvalue weighted by Crippen LogP contribution is -2.46. The Morgan fingerprint density at radius 1 is 1.00 bits per heavy atom. The SMILES string of the molecule is O=C(NC1CCCCCC1)[C@@H](c1ccc(F)cc1Cl)N(Cc1ccc(F)cc1)C(=O)CCl. The highest BCUT2D eigenvalue weighted by molar-refractivity contribution is 6.31. The van der Waals surface area contributed by atoms with E-state index >= 15 is 0 Å². The summed E-state index contributed by atoms with van der Waals surface area (Å²) in [5, 5.41) is 3.10. The van der Waals surface area contributed by atoms with Crippen LogP contribution in [0.15, 0.2) is 42.5 Å². The molecule has 0 spiro atoms. The van der Waals surface area contributed by atoms with E-state index in [0.29, 0.717) is 11.1 Å². The summed E-state index contributed by atoms with van der Waals surface area (Å²) < 4.78 is 27.1. The maximum Gasteiger partial charge on any atom is 0.247 e. The lowest BCUT2D eigenvalue weighted by atomic mass is 10.0. The third-order valence-corrected chi connectivity index (χ3v) is 6.28. The Labute approximate surface area is 196 Å². The Hall–Kier alpha value is -2.18. The maximum absolute atomic E-state index is 13.7. The van der Waals surface area contributed by atoms with Gasteiger partial charge in [-0.1, -0.05) is 55.5 Å². The standard InChI is InChI=1S/C24H26Cl2F2N2O2/c25-14-22(31)30(15-16-7-9-17(27)10-8-16)23(20-12-11-18(28)13-21(20)26)24(32)29-19-5-3-1-2-4-6-19/h7-13,19,23H,1-6,14-15H2,(H,29,32)/t23-/m1/s1. The molecule has 4 nitrogen and oxygen atoms in total. The topological polar surface area (TPSA) is 49.4 Å². The van der Waals surface area contributed by atoms with E-state index in [0.717, 1.165) is 44.6 Å². The van der Waals surface area contributed by atoms with Gasteiger partial charge in [-0.2, -0.15) is 0 Å². The molecule has 0 aliphatic heterocycles. The molecule has 0 unspecified atom stereocenters. The Kier molecular flexibility index (Phi) is 8.88. The fourth-order valence-corrected chi connectivity index (χ4v) is 4.49. The molecule has 1 N–H and O–H groups in total. The maximum atomic E-state index is 13.7. The largest absolute Gasteiger partial charge is 0.351 e. The summed E-state index contributed by atoms with van der Waals surface area (Å²) in [5.41, 5.74) is 0.926. The second-order valence-corrected chi connectivity index (χ2v) is 8.72. The predicted molar refractivity (Wildman–Crippen MR) is 121 cm³/mol. The van der Waals surface area contributed by atoms with Crippen LogP contribution in [0.25, 0.3) is 0 Å². The summed E-state index contributed by atoms with van der Waals surface area (Å²) >= 11 is 12.2. The van der Waals surface area contributed by atoms with E-state index in [4.69, 9.17) is 23.2 Å². The molecule has 8 heteroatoms. The van der Waals surface area contributed by atoms with Crippen molar-refractivity contribution in [1.29, 1.82) is 0 Å².